The Hall–Kier alpha value is -2.00. The zero-order valence-electron chi connectivity index (χ0n) is 13.9. The number of piperidine rings is 1. The van der Waals surface area contributed by atoms with Gasteiger partial charge < -0.3 is 9.64 Å². The minimum absolute atomic E-state index is 0.111. The zero-order valence-corrected chi connectivity index (χ0v) is 14.6. The second-order valence-corrected chi connectivity index (χ2v) is 6.79. The topological polar surface area (TPSA) is 29.5 Å². The van der Waals surface area contributed by atoms with Gasteiger partial charge in [-0.25, -0.2) is 0 Å². The van der Waals surface area contributed by atoms with Crippen molar-refractivity contribution in [2.24, 2.45) is 5.92 Å². The first-order valence-corrected chi connectivity index (χ1v) is 8.77. The summed E-state index contributed by atoms with van der Waals surface area (Å²) in [7, 11) is 0. The Kier molecular flexibility index (Phi) is 5.41. The molecule has 0 aliphatic carbocycles. The third-order valence-electron chi connectivity index (χ3n) is 4.52. The summed E-state index contributed by atoms with van der Waals surface area (Å²) in [6, 6.07) is 15.0. The summed E-state index contributed by atoms with van der Waals surface area (Å²) in [4.78, 5) is 14.5. The molecule has 3 nitrogen and oxygen atoms in total. The largest absolute Gasteiger partial charge is 0.489 e. The van der Waals surface area contributed by atoms with Crippen LogP contribution in [0.2, 0.25) is 5.02 Å². The summed E-state index contributed by atoms with van der Waals surface area (Å²) in [5.41, 5.74) is 1.66. The van der Waals surface area contributed by atoms with Crippen molar-refractivity contribution in [3.8, 4) is 5.75 Å². The van der Waals surface area contributed by atoms with Crippen LogP contribution in [-0.4, -0.2) is 23.9 Å². The van der Waals surface area contributed by atoms with Crippen LogP contribution in [0.25, 0.3) is 0 Å². The van der Waals surface area contributed by atoms with Gasteiger partial charge in [0.2, 0.25) is 0 Å². The number of nitrogens with zero attached hydrogens (tertiary/aromatic N) is 1. The van der Waals surface area contributed by atoms with Crippen molar-refractivity contribution in [2.75, 3.05) is 13.1 Å². The molecular formula is C20H22ClNO2. The van der Waals surface area contributed by atoms with Crippen molar-refractivity contribution in [3.05, 3.63) is 64.7 Å². The molecule has 3 rings (SSSR count). The van der Waals surface area contributed by atoms with Gasteiger partial charge in [-0.3, -0.25) is 4.79 Å². The molecular weight excluding hydrogens is 322 g/mol. The zero-order chi connectivity index (χ0) is 16.9. The number of benzene rings is 2. The average Bonchev–Trinajstić information content (AvgIpc) is 2.62. The average molecular weight is 344 g/mol. The first kappa shape index (κ1) is 16.8. The lowest BCUT2D eigenvalue weighted by Crippen LogP contribution is -2.37. The van der Waals surface area contributed by atoms with Crippen LogP contribution in [0, 0.1) is 5.92 Å². The van der Waals surface area contributed by atoms with E-state index in [4.69, 9.17) is 16.3 Å². The maximum absolute atomic E-state index is 12.5. The fourth-order valence-electron chi connectivity index (χ4n) is 2.86. The first-order chi connectivity index (χ1) is 11.6. The lowest BCUT2D eigenvalue weighted by molar-refractivity contribution is 0.0697. The molecule has 0 bridgehead atoms. The molecule has 0 N–H and O–H groups in total. The summed E-state index contributed by atoms with van der Waals surface area (Å²) >= 11 is 6.12. The molecule has 0 aromatic heterocycles. The van der Waals surface area contributed by atoms with Gasteiger partial charge in [-0.1, -0.05) is 36.7 Å². The van der Waals surface area contributed by atoms with Crippen LogP contribution < -0.4 is 4.74 Å². The van der Waals surface area contributed by atoms with E-state index < -0.39 is 0 Å². The van der Waals surface area contributed by atoms with Crippen molar-refractivity contribution in [1.82, 2.24) is 4.90 Å². The van der Waals surface area contributed by atoms with Gasteiger partial charge in [0, 0.05) is 29.2 Å². The molecule has 1 fully saturated rings. The number of rotatable bonds is 4. The Labute approximate surface area is 148 Å². The summed E-state index contributed by atoms with van der Waals surface area (Å²) in [5.74, 6) is 1.56. The molecule has 1 heterocycles. The molecule has 0 saturated carbocycles. The second-order valence-electron chi connectivity index (χ2n) is 6.38. The number of ether oxygens (including phenoxy) is 1. The monoisotopic (exact) mass is 343 g/mol. The van der Waals surface area contributed by atoms with E-state index in [1.165, 1.54) is 0 Å². The van der Waals surface area contributed by atoms with E-state index in [0.29, 0.717) is 11.6 Å². The van der Waals surface area contributed by atoms with Crippen LogP contribution in [0.1, 0.15) is 35.7 Å². The molecule has 1 aliphatic rings. The van der Waals surface area contributed by atoms with Crippen LogP contribution in [0.15, 0.2) is 48.5 Å². The van der Waals surface area contributed by atoms with Gasteiger partial charge in [0.05, 0.1) is 0 Å². The minimum Gasteiger partial charge on any atom is -0.489 e. The number of amides is 1. The summed E-state index contributed by atoms with van der Waals surface area (Å²) in [6.07, 6.45) is 2.18. The van der Waals surface area contributed by atoms with Crippen molar-refractivity contribution in [2.45, 2.75) is 26.4 Å². The highest BCUT2D eigenvalue weighted by molar-refractivity contribution is 6.31. The highest BCUT2D eigenvalue weighted by Crippen LogP contribution is 2.21. The maximum Gasteiger partial charge on any atom is 0.253 e. The van der Waals surface area contributed by atoms with E-state index in [2.05, 4.69) is 6.92 Å². The van der Waals surface area contributed by atoms with Gasteiger partial charge in [-0.05, 0) is 49.1 Å². The summed E-state index contributed by atoms with van der Waals surface area (Å²) in [5, 5.41) is 0.698. The van der Waals surface area contributed by atoms with Crippen molar-refractivity contribution >= 4 is 17.5 Å². The van der Waals surface area contributed by atoms with Gasteiger partial charge in [0.15, 0.2) is 0 Å². The van der Waals surface area contributed by atoms with E-state index in [1.807, 2.05) is 53.4 Å². The predicted molar refractivity (Wildman–Crippen MR) is 96.5 cm³/mol. The van der Waals surface area contributed by atoms with Crippen LogP contribution >= 0.6 is 11.6 Å². The van der Waals surface area contributed by atoms with Crippen LogP contribution in [-0.2, 0) is 6.61 Å². The SMILES string of the molecule is CC1CCN(C(=O)c2ccc(OCc3ccccc3Cl)cc2)CC1. The Bertz CT molecular complexity index is 691. The number of carbonyl (C=O) groups excluding carboxylic acids is 1. The summed E-state index contributed by atoms with van der Waals surface area (Å²) < 4.78 is 5.76. The van der Waals surface area contributed by atoms with Gasteiger partial charge in [-0.15, -0.1) is 0 Å². The minimum atomic E-state index is 0.111. The number of hydrogen-bond acceptors (Lipinski definition) is 2. The molecule has 0 unspecified atom stereocenters. The van der Waals surface area contributed by atoms with Crippen LogP contribution in [0.5, 0.6) is 5.75 Å². The van der Waals surface area contributed by atoms with E-state index in [-0.39, 0.29) is 5.91 Å². The lowest BCUT2D eigenvalue weighted by Gasteiger charge is -2.30. The lowest BCUT2D eigenvalue weighted by atomic mass is 9.98. The highest BCUT2D eigenvalue weighted by atomic mass is 35.5. The van der Waals surface area contributed by atoms with Crippen molar-refractivity contribution in [1.29, 1.82) is 0 Å². The van der Waals surface area contributed by atoms with E-state index in [0.717, 1.165) is 48.7 Å². The number of likely N-dealkylation sites (tertiary alicyclic amines) is 1. The van der Waals surface area contributed by atoms with E-state index >= 15 is 0 Å². The molecule has 2 aromatic carbocycles. The molecule has 2 aromatic rings. The Morgan fingerprint density at radius 3 is 2.46 bits per heavy atom. The van der Waals surface area contributed by atoms with E-state index in [9.17, 15) is 4.79 Å². The fraction of sp³-hybridized carbons (Fsp3) is 0.350. The number of carbonyl (C=O) groups is 1. The first-order valence-electron chi connectivity index (χ1n) is 8.39. The van der Waals surface area contributed by atoms with Gasteiger partial charge >= 0.3 is 0 Å². The molecule has 0 spiro atoms. The normalized spacial score (nSPS) is 15.3. The predicted octanol–water partition coefficient (Wildman–Crippen LogP) is 4.79. The van der Waals surface area contributed by atoms with E-state index in [1.54, 1.807) is 0 Å². The number of hydrogen-bond donors (Lipinski definition) is 0. The Morgan fingerprint density at radius 1 is 1.12 bits per heavy atom. The van der Waals surface area contributed by atoms with Crippen molar-refractivity contribution < 1.29 is 9.53 Å². The number of halogens is 1. The van der Waals surface area contributed by atoms with Crippen LogP contribution in [0.3, 0.4) is 0 Å². The Balaban J connectivity index is 1.59. The molecule has 0 atom stereocenters. The maximum atomic E-state index is 12.5. The van der Waals surface area contributed by atoms with Gasteiger partial charge in [0.25, 0.3) is 5.91 Å². The second kappa shape index (κ2) is 7.71. The molecule has 1 amide bonds. The molecule has 4 heteroatoms. The van der Waals surface area contributed by atoms with Gasteiger partial charge in [-0.2, -0.15) is 0 Å². The Morgan fingerprint density at radius 2 is 1.79 bits per heavy atom. The molecule has 1 saturated heterocycles. The molecule has 24 heavy (non-hydrogen) atoms. The standard InChI is InChI=1S/C20H22ClNO2/c1-15-10-12-22(13-11-15)20(23)16-6-8-18(9-7-16)24-14-17-4-2-3-5-19(17)21/h2-9,15H,10-14H2,1H3. The fourth-order valence-corrected chi connectivity index (χ4v) is 3.05. The quantitative estimate of drug-likeness (QED) is 0.798. The smallest absolute Gasteiger partial charge is 0.253 e. The third-order valence-corrected chi connectivity index (χ3v) is 4.89. The third kappa shape index (κ3) is 4.09. The van der Waals surface area contributed by atoms with Gasteiger partial charge in [0.1, 0.15) is 12.4 Å². The molecule has 126 valence electrons. The summed E-state index contributed by atoms with van der Waals surface area (Å²) in [6.45, 7) is 4.36. The molecule has 1 aliphatic heterocycles. The highest BCUT2D eigenvalue weighted by Gasteiger charge is 2.21. The van der Waals surface area contributed by atoms with Crippen LogP contribution in [0.4, 0.5) is 0 Å². The van der Waals surface area contributed by atoms with Crippen molar-refractivity contribution in [3.63, 3.8) is 0 Å². The molecule has 0 radical (unpaired) electrons.